The van der Waals surface area contributed by atoms with E-state index in [0.29, 0.717) is 6.42 Å². The van der Waals surface area contributed by atoms with Crippen molar-refractivity contribution in [2.75, 3.05) is 0 Å². The van der Waals surface area contributed by atoms with E-state index in [2.05, 4.69) is 0 Å². The zero-order valence-electron chi connectivity index (χ0n) is 4.78. The van der Waals surface area contributed by atoms with Crippen LogP contribution < -0.4 is 0 Å². The Kier molecular flexibility index (Phi) is 1.51. The van der Waals surface area contributed by atoms with Gasteiger partial charge in [0.1, 0.15) is 0 Å². The summed E-state index contributed by atoms with van der Waals surface area (Å²) in [5.41, 5.74) is 0. The summed E-state index contributed by atoms with van der Waals surface area (Å²) >= 11 is 0. The van der Waals surface area contributed by atoms with Crippen LogP contribution in [-0.4, -0.2) is 6.18 Å². The summed E-state index contributed by atoms with van der Waals surface area (Å²) in [7, 11) is 0. The van der Waals surface area contributed by atoms with Gasteiger partial charge in [-0.3, -0.25) is 0 Å². The number of halogens is 3. The lowest BCUT2D eigenvalue weighted by Crippen LogP contribution is -2.18. The highest BCUT2D eigenvalue weighted by Gasteiger charge is 2.38. The van der Waals surface area contributed by atoms with E-state index in [4.69, 9.17) is 0 Å². The monoisotopic (exact) mass is 136 g/mol. The number of hydrogen-bond acceptors (Lipinski definition) is 0. The largest absolute Gasteiger partial charge is 0.395 e. The van der Waals surface area contributed by atoms with Gasteiger partial charge in [0, 0.05) is 0 Å². The lowest BCUT2D eigenvalue weighted by atomic mass is 10.1. The van der Waals surface area contributed by atoms with Crippen molar-refractivity contribution in [3.63, 3.8) is 0 Å². The SMILES string of the molecule is FC(F)(F)[C@@H]1C=CCC1. The van der Waals surface area contributed by atoms with Gasteiger partial charge in [0.15, 0.2) is 0 Å². The number of hydrogen-bond donors (Lipinski definition) is 0. The van der Waals surface area contributed by atoms with Crippen LogP contribution in [0, 0.1) is 5.92 Å². The quantitative estimate of drug-likeness (QED) is 0.449. The van der Waals surface area contributed by atoms with E-state index in [1.54, 1.807) is 6.08 Å². The third kappa shape index (κ3) is 1.47. The molecule has 0 saturated carbocycles. The maximum absolute atomic E-state index is 11.7. The van der Waals surface area contributed by atoms with Crippen LogP contribution in [0.5, 0.6) is 0 Å². The van der Waals surface area contributed by atoms with Crippen molar-refractivity contribution in [1.29, 1.82) is 0 Å². The Morgan fingerprint density at radius 3 is 2.22 bits per heavy atom. The normalized spacial score (nSPS) is 27.2. The average molecular weight is 136 g/mol. The van der Waals surface area contributed by atoms with E-state index >= 15 is 0 Å². The summed E-state index contributed by atoms with van der Waals surface area (Å²) in [5.74, 6) is -1.17. The highest BCUT2D eigenvalue weighted by molar-refractivity contribution is 4.98. The Labute approximate surface area is 51.4 Å². The fourth-order valence-corrected chi connectivity index (χ4v) is 0.905. The van der Waals surface area contributed by atoms with Crippen molar-refractivity contribution in [3.05, 3.63) is 12.2 Å². The molecule has 0 unspecified atom stereocenters. The molecule has 0 aliphatic heterocycles. The summed E-state index contributed by atoms with van der Waals surface area (Å²) in [4.78, 5) is 0. The molecule has 0 aromatic rings. The first-order chi connectivity index (χ1) is 4.11. The van der Waals surface area contributed by atoms with Crippen molar-refractivity contribution in [2.24, 2.45) is 5.92 Å². The minimum Gasteiger partial charge on any atom is -0.170 e. The molecule has 0 aromatic heterocycles. The van der Waals surface area contributed by atoms with Crippen molar-refractivity contribution >= 4 is 0 Å². The molecule has 0 nitrogen and oxygen atoms in total. The number of allylic oxidation sites excluding steroid dienone is 2. The van der Waals surface area contributed by atoms with Crippen LogP contribution in [0.3, 0.4) is 0 Å². The molecule has 0 amide bonds. The molecule has 52 valence electrons. The molecule has 1 aliphatic carbocycles. The zero-order chi connectivity index (χ0) is 6.91. The van der Waals surface area contributed by atoms with E-state index in [-0.39, 0.29) is 6.42 Å². The molecule has 0 fully saturated rings. The van der Waals surface area contributed by atoms with Gasteiger partial charge in [-0.15, -0.1) is 0 Å². The van der Waals surface area contributed by atoms with Crippen LogP contribution in [-0.2, 0) is 0 Å². The summed E-state index contributed by atoms with van der Waals surface area (Å²) in [6.45, 7) is 0. The number of rotatable bonds is 0. The molecule has 1 aliphatic rings. The summed E-state index contributed by atoms with van der Waals surface area (Å²) in [6.07, 6.45) is -0.376. The van der Waals surface area contributed by atoms with Gasteiger partial charge in [-0.25, -0.2) is 0 Å². The maximum Gasteiger partial charge on any atom is 0.395 e. The van der Waals surface area contributed by atoms with Crippen LogP contribution in [0.4, 0.5) is 13.2 Å². The van der Waals surface area contributed by atoms with Gasteiger partial charge in [0.2, 0.25) is 0 Å². The van der Waals surface area contributed by atoms with Crippen molar-refractivity contribution in [1.82, 2.24) is 0 Å². The fourth-order valence-electron chi connectivity index (χ4n) is 0.905. The molecule has 1 rings (SSSR count). The Bertz CT molecular complexity index is 123. The van der Waals surface area contributed by atoms with Gasteiger partial charge in [0.25, 0.3) is 0 Å². The van der Waals surface area contributed by atoms with E-state index in [0.717, 1.165) is 0 Å². The van der Waals surface area contributed by atoms with Crippen LogP contribution in [0.25, 0.3) is 0 Å². The second-order valence-electron chi connectivity index (χ2n) is 2.15. The Hall–Kier alpha value is -0.470. The predicted molar refractivity (Wildman–Crippen MR) is 27.9 cm³/mol. The van der Waals surface area contributed by atoms with E-state index in [1.807, 2.05) is 0 Å². The minimum absolute atomic E-state index is 0.240. The summed E-state index contributed by atoms with van der Waals surface area (Å²) in [5, 5.41) is 0. The molecule has 0 bridgehead atoms. The Balaban J connectivity index is 2.53. The van der Waals surface area contributed by atoms with Gasteiger partial charge in [-0.1, -0.05) is 12.2 Å². The summed E-state index contributed by atoms with van der Waals surface area (Å²) in [6, 6.07) is 0. The second kappa shape index (κ2) is 2.05. The predicted octanol–water partition coefficient (Wildman–Crippen LogP) is 2.51. The molecule has 9 heavy (non-hydrogen) atoms. The molecule has 0 heterocycles. The first-order valence-electron chi connectivity index (χ1n) is 2.84. The highest BCUT2D eigenvalue weighted by atomic mass is 19.4. The molecular formula is C6H7F3. The Morgan fingerprint density at radius 2 is 2.00 bits per heavy atom. The first-order valence-corrected chi connectivity index (χ1v) is 2.84. The zero-order valence-corrected chi connectivity index (χ0v) is 4.78. The molecule has 0 N–H and O–H groups in total. The third-order valence-electron chi connectivity index (χ3n) is 1.43. The first kappa shape index (κ1) is 6.65. The topological polar surface area (TPSA) is 0 Å². The van der Waals surface area contributed by atoms with Crippen molar-refractivity contribution in [3.8, 4) is 0 Å². The van der Waals surface area contributed by atoms with Crippen molar-refractivity contribution < 1.29 is 13.2 Å². The van der Waals surface area contributed by atoms with Gasteiger partial charge in [0.05, 0.1) is 5.92 Å². The highest BCUT2D eigenvalue weighted by Crippen LogP contribution is 2.33. The lowest BCUT2D eigenvalue weighted by molar-refractivity contribution is -0.160. The van der Waals surface area contributed by atoms with Crippen LogP contribution in [0.2, 0.25) is 0 Å². The van der Waals surface area contributed by atoms with Gasteiger partial charge in [-0.2, -0.15) is 13.2 Å². The minimum atomic E-state index is -4.01. The summed E-state index contributed by atoms with van der Waals surface area (Å²) < 4.78 is 35.1. The van der Waals surface area contributed by atoms with E-state index < -0.39 is 12.1 Å². The fraction of sp³-hybridized carbons (Fsp3) is 0.667. The molecule has 3 heteroatoms. The van der Waals surface area contributed by atoms with Gasteiger partial charge < -0.3 is 0 Å². The van der Waals surface area contributed by atoms with Crippen LogP contribution >= 0.6 is 0 Å². The third-order valence-corrected chi connectivity index (χ3v) is 1.43. The van der Waals surface area contributed by atoms with Crippen LogP contribution in [0.15, 0.2) is 12.2 Å². The smallest absolute Gasteiger partial charge is 0.170 e. The standard InChI is InChI=1S/C6H7F3/c7-6(8,9)5-3-1-2-4-5/h1,3,5H,2,4H2/t5-/m1/s1. The van der Waals surface area contributed by atoms with Gasteiger partial charge in [-0.05, 0) is 12.8 Å². The van der Waals surface area contributed by atoms with Gasteiger partial charge >= 0.3 is 6.18 Å². The second-order valence-corrected chi connectivity index (χ2v) is 2.15. The number of alkyl halides is 3. The van der Waals surface area contributed by atoms with Crippen LogP contribution in [0.1, 0.15) is 12.8 Å². The molecule has 0 spiro atoms. The molecule has 0 radical (unpaired) electrons. The van der Waals surface area contributed by atoms with E-state index in [9.17, 15) is 13.2 Å². The molecule has 1 atom stereocenters. The van der Waals surface area contributed by atoms with E-state index in [1.165, 1.54) is 6.08 Å². The Morgan fingerprint density at radius 1 is 1.33 bits per heavy atom. The van der Waals surface area contributed by atoms with Crippen molar-refractivity contribution in [2.45, 2.75) is 19.0 Å². The molecule has 0 aromatic carbocycles. The lowest BCUT2D eigenvalue weighted by Gasteiger charge is -2.10. The maximum atomic E-state index is 11.7. The molecule has 0 saturated heterocycles. The average Bonchev–Trinajstić information content (AvgIpc) is 2.08. The molecular weight excluding hydrogens is 129 g/mol.